The van der Waals surface area contributed by atoms with E-state index in [1.54, 1.807) is 0 Å². The molecule has 0 aliphatic carbocycles. The SMILES string of the molecule is Cc1cc(N2CCN(C(C)/C(N)=N/O)CC2)ccn1. The second kappa shape index (κ2) is 5.88. The monoisotopic (exact) mass is 263 g/mol. The second-order valence-electron chi connectivity index (χ2n) is 4.88. The molecule has 0 spiro atoms. The van der Waals surface area contributed by atoms with E-state index in [-0.39, 0.29) is 11.9 Å². The van der Waals surface area contributed by atoms with Gasteiger partial charge < -0.3 is 15.8 Å². The highest BCUT2D eigenvalue weighted by Crippen LogP contribution is 2.17. The molecule has 1 aromatic rings. The summed E-state index contributed by atoms with van der Waals surface area (Å²) in [7, 11) is 0. The number of amidine groups is 1. The number of nitrogens with two attached hydrogens (primary N) is 1. The summed E-state index contributed by atoms with van der Waals surface area (Å²) in [5.41, 5.74) is 7.89. The van der Waals surface area contributed by atoms with Crippen molar-refractivity contribution in [3.05, 3.63) is 24.0 Å². The van der Waals surface area contributed by atoms with Crippen LogP contribution in [0.25, 0.3) is 0 Å². The standard InChI is InChI=1S/C13H21N5O/c1-10-9-12(3-4-15-10)18-7-5-17(6-8-18)11(2)13(14)16-19/h3-4,9,11,19H,5-8H2,1-2H3,(H2,14,16). The Balaban J connectivity index is 1.96. The van der Waals surface area contributed by atoms with E-state index < -0.39 is 0 Å². The number of hydrogen-bond acceptors (Lipinski definition) is 5. The Morgan fingerprint density at radius 3 is 2.68 bits per heavy atom. The van der Waals surface area contributed by atoms with Gasteiger partial charge in [-0.25, -0.2) is 0 Å². The van der Waals surface area contributed by atoms with Gasteiger partial charge in [0.1, 0.15) is 0 Å². The smallest absolute Gasteiger partial charge is 0.156 e. The maximum Gasteiger partial charge on any atom is 0.156 e. The molecule has 3 N–H and O–H groups in total. The number of aromatic nitrogens is 1. The number of oxime groups is 1. The lowest BCUT2D eigenvalue weighted by atomic mass is 10.2. The lowest BCUT2D eigenvalue weighted by Gasteiger charge is -2.38. The Labute approximate surface area is 113 Å². The molecule has 1 saturated heterocycles. The van der Waals surface area contributed by atoms with Gasteiger partial charge in [-0.15, -0.1) is 0 Å². The van der Waals surface area contributed by atoms with Crippen LogP contribution in [-0.2, 0) is 0 Å². The van der Waals surface area contributed by atoms with Crippen molar-refractivity contribution in [3.63, 3.8) is 0 Å². The number of piperazine rings is 1. The van der Waals surface area contributed by atoms with E-state index in [0.717, 1.165) is 31.9 Å². The highest BCUT2D eigenvalue weighted by molar-refractivity contribution is 5.84. The van der Waals surface area contributed by atoms with E-state index in [1.807, 2.05) is 26.1 Å². The van der Waals surface area contributed by atoms with Gasteiger partial charge in [0.2, 0.25) is 0 Å². The van der Waals surface area contributed by atoms with Crippen molar-refractivity contribution in [1.29, 1.82) is 0 Å². The van der Waals surface area contributed by atoms with E-state index in [1.165, 1.54) is 5.69 Å². The van der Waals surface area contributed by atoms with Gasteiger partial charge in [0.05, 0.1) is 6.04 Å². The van der Waals surface area contributed by atoms with Crippen molar-refractivity contribution in [1.82, 2.24) is 9.88 Å². The first-order valence-electron chi connectivity index (χ1n) is 6.51. The molecule has 1 atom stereocenters. The summed E-state index contributed by atoms with van der Waals surface area (Å²) < 4.78 is 0. The third-order valence-electron chi connectivity index (χ3n) is 3.65. The molecule has 1 unspecified atom stereocenters. The second-order valence-corrected chi connectivity index (χ2v) is 4.88. The first-order valence-corrected chi connectivity index (χ1v) is 6.51. The van der Waals surface area contributed by atoms with Crippen LogP contribution < -0.4 is 10.6 Å². The predicted molar refractivity (Wildman–Crippen MR) is 75.6 cm³/mol. The molecule has 0 bridgehead atoms. The van der Waals surface area contributed by atoms with Gasteiger partial charge in [-0.3, -0.25) is 9.88 Å². The third-order valence-corrected chi connectivity index (χ3v) is 3.65. The highest BCUT2D eigenvalue weighted by atomic mass is 16.4. The minimum Gasteiger partial charge on any atom is -0.409 e. The van der Waals surface area contributed by atoms with Crippen LogP contribution in [0.4, 0.5) is 5.69 Å². The lowest BCUT2D eigenvalue weighted by molar-refractivity contribution is 0.230. The summed E-state index contributed by atoms with van der Waals surface area (Å²) in [6, 6.07) is 4.12. The Kier molecular flexibility index (Phi) is 4.21. The molecule has 2 heterocycles. The summed E-state index contributed by atoms with van der Waals surface area (Å²) in [6.07, 6.45) is 1.84. The Hall–Kier alpha value is -1.82. The van der Waals surface area contributed by atoms with Gasteiger partial charge in [0, 0.05) is 43.8 Å². The summed E-state index contributed by atoms with van der Waals surface area (Å²) >= 11 is 0. The molecular formula is C13H21N5O. The molecule has 104 valence electrons. The van der Waals surface area contributed by atoms with Crippen molar-refractivity contribution in [2.45, 2.75) is 19.9 Å². The Morgan fingerprint density at radius 1 is 1.42 bits per heavy atom. The molecular weight excluding hydrogens is 242 g/mol. The average molecular weight is 263 g/mol. The Bertz CT molecular complexity index is 454. The quantitative estimate of drug-likeness (QED) is 0.362. The average Bonchev–Trinajstić information content (AvgIpc) is 2.46. The van der Waals surface area contributed by atoms with Gasteiger partial charge in [-0.1, -0.05) is 5.16 Å². The maximum atomic E-state index is 8.72. The van der Waals surface area contributed by atoms with Gasteiger partial charge in [-0.05, 0) is 26.0 Å². The fourth-order valence-corrected chi connectivity index (χ4v) is 2.37. The summed E-state index contributed by atoms with van der Waals surface area (Å²) in [5, 5.41) is 11.8. The zero-order valence-corrected chi connectivity index (χ0v) is 11.5. The first kappa shape index (κ1) is 13.6. The van der Waals surface area contributed by atoms with Crippen LogP contribution in [0.15, 0.2) is 23.5 Å². The van der Waals surface area contributed by atoms with Crippen molar-refractivity contribution >= 4 is 11.5 Å². The summed E-state index contributed by atoms with van der Waals surface area (Å²) in [6.45, 7) is 7.64. The topological polar surface area (TPSA) is 78.0 Å². The van der Waals surface area contributed by atoms with Crippen LogP contribution in [0.2, 0.25) is 0 Å². The molecule has 0 radical (unpaired) electrons. The summed E-state index contributed by atoms with van der Waals surface area (Å²) in [5.74, 6) is 0.271. The molecule has 1 aromatic heterocycles. The van der Waals surface area contributed by atoms with Gasteiger partial charge >= 0.3 is 0 Å². The predicted octanol–water partition coefficient (Wildman–Crippen LogP) is 0.647. The van der Waals surface area contributed by atoms with E-state index >= 15 is 0 Å². The number of hydrogen-bond donors (Lipinski definition) is 2. The molecule has 6 heteroatoms. The molecule has 0 saturated carbocycles. The van der Waals surface area contributed by atoms with Crippen molar-refractivity contribution in [3.8, 4) is 0 Å². The lowest BCUT2D eigenvalue weighted by Crippen LogP contribution is -2.53. The molecule has 2 rings (SSSR count). The highest BCUT2D eigenvalue weighted by Gasteiger charge is 2.23. The normalized spacial score (nSPS) is 19.5. The summed E-state index contributed by atoms with van der Waals surface area (Å²) in [4.78, 5) is 8.77. The maximum absolute atomic E-state index is 8.72. The van der Waals surface area contributed by atoms with E-state index in [4.69, 9.17) is 10.9 Å². The number of rotatable bonds is 3. The zero-order chi connectivity index (χ0) is 13.8. The number of anilines is 1. The Morgan fingerprint density at radius 2 is 2.11 bits per heavy atom. The van der Waals surface area contributed by atoms with Crippen LogP contribution >= 0.6 is 0 Å². The van der Waals surface area contributed by atoms with Crippen molar-refractivity contribution < 1.29 is 5.21 Å². The van der Waals surface area contributed by atoms with Gasteiger partial charge in [0.25, 0.3) is 0 Å². The molecule has 1 fully saturated rings. The zero-order valence-electron chi connectivity index (χ0n) is 11.5. The van der Waals surface area contributed by atoms with E-state index in [9.17, 15) is 0 Å². The van der Waals surface area contributed by atoms with Crippen LogP contribution in [-0.4, -0.2) is 53.1 Å². The molecule has 6 nitrogen and oxygen atoms in total. The van der Waals surface area contributed by atoms with Crippen LogP contribution in [0.5, 0.6) is 0 Å². The van der Waals surface area contributed by atoms with E-state index in [2.05, 4.69) is 26.0 Å². The minimum atomic E-state index is -0.0219. The van der Waals surface area contributed by atoms with E-state index in [0.29, 0.717) is 0 Å². The number of aryl methyl sites for hydroxylation is 1. The molecule has 19 heavy (non-hydrogen) atoms. The third kappa shape index (κ3) is 3.14. The fourth-order valence-electron chi connectivity index (χ4n) is 2.37. The molecule has 1 aliphatic heterocycles. The largest absolute Gasteiger partial charge is 0.409 e. The molecule has 0 amide bonds. The number of nitrogens with zero attached hydrogens (tertiary/aromatic N) is 4. The van der Waals surface area contributed by atoms with Gasteiger partial charge in [0.15, 0.2) is 5.84 Å². The molecule has 0 aromatic carbocycles. The number of pyridine rings is 1. The van der Waals surface area contributed by atoms with Crippen LogP contribution in [0, 0.1) is 6.92 Å². The van der Waals surface area contributed by atoms with Gasteiger partial charge in [-0.2, -0.15) is 0 Å². The molecule has 1 aliphatic rings. The van der Waals surface area contributed by atoms with Crippen molar-refractivity contribution in [2.75, 3.05) is 31.1 Å². The minimum absolute atomic E-state index is 0.0219. The fraction of sp³-hybridized carbons (Fsp3) is 0.538. The van der Waals surface area contributed by atoms with Crippen LogP contribution in [0.3, 0.4) is 0 Å². The van der Waals surface area contributed by atoms with Crippen LogP contribution in [0.1, 0.15) is 12.6 Å². The first-order chi connectivity index (χ1) is 9.11. The van der Waals surface area contributed by atoms with Crippen molar-refractivity contribution in [2.24, 2.45) is 10.9 Å².